The molecule has 2 aliphatic heterocycles. The van der Waals surface area contributed by atoms with Crippen molar-refractivity contribution in [1.82, 2.24) is 9.80 Å². The lowest BCUT2D eigenvalue weighted by Gasteiger charge is -2.29. The Bertz CT molecular complexity index is 709. The van der Waals surface area contributed by atoms with Crippen molar-refractivity contribution in [3.8, 4) is 0 Å². The number of thioether (sulfide) groups is 1. The lowest BCUT2D eigenvalue weighted by Crippen LogP contribution is -3.16. The zero-order chi connectivity index (χ0) is 18.7. The van der Waals surface area contributed by atoms with Gasteiger partial charge in [-0.2, -0.15) is 0 Å². The largest absolute Gasteiger partial charge is 0.468 e. The van der Waals surface area contributed by atoms with E-state index in [9.17, 15) is 19.2 Å². The number of thiophene rings is 1. The number of hydrogen-bond acceptors (Lipinski definition) is 7. The van der Waals surface area contributed by atoms with Crippen LogP contribution in [0.4, 0.5) is 4.79 Å². The first-order chi connectivity index (χ1) is 12.5. The molecule has 26 heavy (non-hydrogen) atoms. The van der Waals surface area contributed by atoms with Gasteiger partial charge in [-0.3, -0.25) is 19.3 Å². The van der Waals surface area contributed by atoms with E-state index in [0.29, 0.717) is 19.5 Å². The third kappa shape index (κ3) is 3.92. The average Bonchev–Trinajstić information content (AvgIpc) is 3.24. The molecule has 2 aliphatic rings. The number of nitrogens with zero attached hydrogens (tertiary/aromatic N) is 2. The summed E-state index contributed by atoms with van der Waals surface area (Å²) in [4.78, 5) is 52.6. The zero-order valence-corrected chi connectivity index (χ0v) is 15.9. The zero-order valence-electron chi connectivity index (χ0n) is 14.3. The van der Waals surface area contributed by atoms with Gasteiger partial charge in [-0.15, -0.1) is 23.1 Å². The van der Waals surface area contributed by atoms with E-state index in [1.807, 2.05) is 17.5 Å². The van der Waals surface area contributed by atoms with Crippen LogP contribution < -0.4 is 4.90 Å². The topological polar surface area (TPSA) is 88.4 Å². The van der Waals surface area contributed by atoms with E-state index in [2.05, 4.69) is 0 Å². The van der Waals surface area contributed by atoms with Crippen molar-refractivity contribution in [2.75, 3.05) is 39.2 Å². The molecule has 0 saturated carbocycles. The first-order valence-corrected chi connectivity index (χ1v) is 10.2. The highest BCUT2D eigenvalue weighted by Gasteiger charge is 2.46. The molecule has 0 spiro atoms. The highest BCUT2D eigenvalue weighted by atomic mass is 32.2. The molecule has 0 aromatic carbocycles. The maximum atomic E-state index is 12.5. The number of urea groups is 1. The summed E-state index contributed by atoms with van der Waals surface area (Å²) in [6, 6.07) is 3.26. The molecule has 8 nitrogen and oxygen atoms in total. The summed E-state index contributed by atoms with van der Waals surface area (Å²) < 4.78 is 4.77. The number of carbonyl (C=O) groups excluding carboxylic acids is 4. The van der Waals surface area contributed by atoms with E-state index in [1.165, 1.54) is 18.9 Å². The number of carbonyl (C=O) groups is 4. The average molecular weight is 398 g/mol. The van der Waals surface area contributed by atoms with Crippen LogP contribution in [0.1, 0.15) is 4.88 Å². The Morgan fingerprint density at radius 1 is 1.31 bits per heavy atom. The van der Waals surface area contributed by atoms with Gasteiger partial charge in [-0.05, 0) is 11.4 Å². The van der Waals surface area contributed by atoms with Gasteiger partial charge in [-0.1, -0.05) is 6.07 Å². The highest BCUT2D eigenvalue weighted by Crippen LogP contribution is 2.16. The van der Waals surface area contributed by atoms with Gasteiger partial charge < -0.3 is 9.64 Å². The van der Waals surface area contributed by atoms with Crippen LogP contribution in [-0.4, -0.2) is 78.0 Å². The van der Waals surface area contributed by atoms with Crippen LogP contribution in [-0.2, 0) is 25.5 Å². The fraction of sp³-hybridized carbons (Fsp3) is 0.500. The summed E-state index contributed by atoms with van der Waals surface area (Å²) in [7, 11) is 1.34. The molecule has 0 aliphatic carbocycles. The third-order valence-electron chi connectivity index (χ3n) is 4.39. The van der Waals surface area contributed by atoms with Crippen LogP contribution in [0.2, 0.25) is 0 Å². The molecule has 2 atom stereocenters. The third-order valence-corrected chi connectivity index (χ3v) is 6.53. The molecule has 140 valence electrons. The Balaban J connectivity index is 1.61. The van der Waals surface area contributed by atoms with Gasteiger partial charge in [0.2, 0.25) is 0 Å². The minimum atomic E-state index is -0.790. The molecular weight excluding hydrogens is 378 g/mol. The molecule has 0 bridgehead atoms. The predicted octanol–water partition coefficient (Wildman–Crippen LogP) is -0.788. The summed E-state index contributed by atoms with van der Waals surface area (Å²) in [6.45, 7) is 1.44. The molecule has 2 saturated heterocycles. The Labute approximate surface area is 159 Å². The SMILES string of the molecule is COC(=O)[C@H]1C[NH+](CN2C(=O)C(=O)N(CCc3cccs3)C2=O)CCS1. The second-order valence-electron chi connectivity index (χ2n) is 6.05. The van der Waals surface area contributed by atoms with Crippen molar-refractivity contribution in [2.24, 2.45) is 0 Å². The van der Waals surface area contributed by atoms with Gasteiger partial charge in [0.1, 0.15) is 6.54 Å². The molecule has 4 amide bonds. The predicted molar refractivity (Wildman–Crippen MR) is 95.8 cm³/mol. The van der Waals surface area contributed by atoms with Crippen LogP contribution in [0.15, 0.2) is 17.5 Å². The molecule has 0 radical (unpaired) electrons. The Morgan fingerprint density at radius 2 is 2.08 bits per heavy atom. The summed E-state index contributed by atoms with van der Waals surface area (Å²) in [5.74, 6) is -1.15. The molecule has 1 unspecified atom stereocenters. The van der Waals surface area contributed by atoms with E-state index < -0.39 is 17.8 Å². The number of amides is 4. The van der Waals surface area contributed by atoms with Crippen molar-refractivity contribution < 1.29 is 28.8 Å². The van der Waals surface area contributed by atoms with Gasteiger partial charge >= 0.3 is 23.8 Å². The van der Waals surface area contributed by atoms with Crippen molar-refractivity contribution in [1.29, 1.82) is 0 Å². The maximum Gasteiger partial charge on any atom is 0.338 e. The summed E-state index contributed by atoms with van der Waals surface area (Å²) in [6.07, 6.45) is 0.536. The van der Waals surface area contributed by atoms with Gasteiger partial charge in [-0.25, -0.2) is 9.69 Å². The highest BCUT2D eigenvalue weighted by molar-refractivity contribution is 8.00. The van der Waals surface area contributed by atoms with Crippen LogP contribution in [0.25, 0.3) is 0 Å². The first-order valence-electron chi connectivity index (χ1n) is 8.24. The van der Waals surface area contributed by atoms with E-state index in [4.69, 9.17) is 4.74 Å². The van der Waals surface area contributed by atoms with Crippen LogP contribution in [0.3, 0.4) is 0 Å². The number of methoxy groups -OCH3 is 1. The first kappa shape index (κ1) is 18.9. The Hall–Kier alpha value is -1.91. The van der Waals surface area contributed by atoms with Crippen LogP contribution in [0, 0.1) is 0 Å². The van der Waals surface area contributed by atoms with Gasteiger partial charge in [0.25, 0.3) is 0 Å². The van der Waals surface area contributed by atoms with E-state index in [1.54, 1.807) is 11.3 Å². The summed E-state index contributed by atoms with van der Waals surface area (Å²) >= 11 is 3.05. The fourth-order valence-electron chi connectivity index (χ4n) is 2.98. The normalized spacial score (nSPS) is 23.7. The number of rotatable bonds is 6. The van der Waals surface area contributed by atoms with Gasteiger partial charge in [0.15, 0.2) is 11.9 Å². The lowest BCUT2D eigenvalue weighted by molar-refractivity contribution is -0.905. The Kier molecular flexibility index (Phi) is 5.94. The molecule has 3 rings (SSSR count). The van der Waals surface area contributed by atoms with Crippen LogP contribution in [0.5, 0.6) is 0 Å². The van der Waals surface area contributed by atoms with E-state index in [0.717, 1.165) is 25.3 Å². The van der Waals surface area contributed by atoms with Crippen molar-refractivity contribution in [3.63, 3.8) is 0 Å². The standard InChI is InChI=1S/C16H19N3O5S2/c1-24-15(22)12-9-17(6-8-26-12)10-19-14(21)13(20)18(16(19)23)5-4-11-3-2-7-25-11/h2-3,7,12H,4-6,8-10H2,1H3/p+1/t12-/m1/s1. The monoisotopic (exact) mass is 398 g/mol. The molecule has 1 N–H and O–H groups in total. The minimum Gasteiger partial charge on any atom is -0.468 e. The number of esters is 1. The van der Waals surface area contributed by atoms with E-state index >= 15 is 0 Å². The van der Waals surface area contributed by atoms with Crippen molar-refractivity contribution in [2.45, 2.75) is 11.7 Å². The van der Waals surface area contributed by atoms with Gasteiger partial charge in [0.05, 0.1) is 13.7 Å². The van der Waals surface area contributed by atoms with Crippen LogP contribution >= 0.6 is 23.1 Å². The summed E-state index contributed by atoms with van der Waals surface area (Å²) in [5.41, 5.74) is 0. The maximum absolute atomic E-state index is 12.5. The number of nitrogens with one attached hydrogen (secondary N) is 1. The van der Waals surface area contributed by atoms with Crippen molar-refractivity contribution >= 4 is 46.9 Å². The molecule has 10 heteroatoms. The lowest BCUT2D eigenvalue weighted by atomic mass is 10.3. The number of imide groups is 2. The molecule has 1 aromatic rings. The number of ether oxygens (including phenoxy) is 1. The molecule has 3 heterocycles. The second-order valence-corrected chi connectivity index (χ2v) is 8.39. The number of quaternary nitrogens is 1. The number of hydrogen-bond donors (Lipinski definition) is 1. The fourth-order valence-corrected chi connectivity index (χ4v) is 4.96. The second kappa shape index (κ2) is 8.19. The van der Waals surface area contributed by atoms with E-state index in [-0.39, 0.29) is 24.4 Å². The quantitative estimate of drug-likeness (QED) is 0.384. The summed E-state index contributed by atoms with van der Waals surface area (Å²) in [5, 5.41) is 1.61. The molecular formula is C16H20N3O5S2+. The van der Waals surface area contributed by atoms with Gasteiger partial charge in [0, 0.05) is 23.6 Å². The molecule has 2 fully saturated rings. The minimum absolute atomic E-state index is 0.0902. The molecule has 1 aromatic heterocycles. The van der Waals surface area contributed by atoms with Crippen molar-refractivity contribution in [3.05, 3.63) is 22.4 Å². The smallest absolute Gasteiger partial charge is 0.338 e. The Morgan fingerprint density at radius 3 is 2.77 bits per heavy atom.